The number of carbonyl (C=O) groups is 1. The van der Waals surface area contributed by atoms with E-state index in [1.54, 1.807) is 0 Å². The van der Waals surface area contributed by atoms with Crippen LogP contribution in [0.2, 0.25) is 0 Å². The second-order valence-electron chi connectivity index (χ2n) is 4.34. The van der Waals surface area contributed by atoms with E-state index in [2.05, 4.69) is 6.92 Å². The lowest BCUT2D eigenvalue weighted by atomic mass is 9.69. The Morgan fingerprint density at radius 3 is 2.67 bits per heavy atom. The lowest BCUT2D eigenvalue weighted by Gasteiger charge is -2.34. The Labute approximate surface area is 73.3 Å². The molecule has 1 aliphatic carbocycles. The summed E-state index contributed by atoms with van der Waals surface area (Å²) in [5, 5.41) is 8.93. The zero-order valence-corrected chi connectivity index (χ0v) is 7.92. The number of hydrogen-bond acceptors (Lipinski definition) is 1. The normalized spacial score (nSPS) is 27.9. The summed E-state index contributed by atoms with van der Waals surface area (Å²) in [4.78, 5) is 10.8. The van der Waals surface area contributed by atoms with Gasteiger partial charge in [0.15, 0.2) is 0 Å². The average Bonchev–Trinajstić information content (AvgIpc) is 1.82. The van der Waals surface area contributed by atoms with Crippen molar-refractivity contribution < 1.29 is 9.90 Å². The largest absolute Gasteiger partial charge is 0.481 e. The zero-order chi connectivity index (χ0) is 9.35. The van der Waals surface area contributed by atoms with Crippen molar-refractivity contribution in [3.05, 3.63) is 11.6 Å². The van der Waals surface area contributed by atoms with Crippen molar-refractivity contribution in [3.8, 4) is 0 Å². The Balaban J connectivity index is 2.85. The highest BCUT2D eigenvalue weighted by molar-refractivity contribution is 5.71. The summed E-state index contributed by atoms with van der Waals surface area (Å²) < 4.78 is 0. The Bertz CT molecular complexity index is 226. The van der Waals surface area contributed by atoms with Gasteiger partial charge in [-0.25, -0.2) is 0 Å². The molecule has 0 heterocycles. The molecule has 68 valence electrons. The number of carboxylic acids is 1. The quantitative estimate of drug-likeness (QED) is 0.610. The molecule has 0 aliphatic heterocycles. The standard InChI is InChI=1S/C10H16O2/c1-7-4-5-8(9(11)12)10(2,3)6-7/h4,8H,5-6H2,1-3H3,(H,11,12). The molecule has 0 aromatic heterocycles. The average molecular weight is 168 g/mol. The number of hydrogen-bond donors (Lipinski definition) is 1. The predicted molar refractivity (Wildman–Crippen MR) is 47.9 cm³/mol. The lowest BCUT2D eigenvalue weighted by Crippen LogP contribution is -2.33. The Morgan fingerprint density at radius 2 is 2.25 bits per heavy atom. The molecule has 0 bridgehead atoms. The van der Waals surface area contributed by atoms with Crippen molar-refractivity contribution in [2.24, 2.45) is 11.3 Å². The SMILES string of the molecule is CC1=CCC(C(=O)O)C(C)(C)C1. The van der Waals surface area contributed by atoms with Crippen LogP contribution in [0, 0.1) is 11.3 Å². The monoisotopic (exact) mass is 168 g/mol. The minimum atomic E-state index is -0.663. The van der Waals surface area contributed by atoms with Gasteiger partial charge in [0.2, 0.25) is 0 Å². The van der Waals surface area contributed by atoms with Crippen LogP contribution < -0.4 is 0 Å². The minimum absolute atomic E-state index is 0.0787. The molecular weight excluding hydrogens is 152 g/mol. The van der Waals surface area contributed by atoms with Gasteiger partial charge in [-0.3, -0.25) is 4.79 Å². The van der Waals surface area contributed by atoms with Crippen LogP contribution in [0.4, 0.5) is 0 Å². The van der Waals surface area contributed by atoms with Crippen molar-refractivity contribution in [2.45, 2.75) is 33.6 Å². The molecule has 12 heavy (non-hydrogen) atoms. The maximum Gasteiger partial charge on any atom is 0.307 e. The van der Waals surface area contributed by atoms with E-state index >= 15 is 0 Å². The fraction of sp³-hybridized carbons (Fsp3) is 0.700. The van der Waals surface area contributed by atoms with Gasteiger partial charge in [0, 0.05) is 0 Å². The van der Waals surface area contributed by atoms with Crippen molar-refractivity contribution in [1.82, 2.24) is 0 Å². The number of rotatable bonds is 1. The van der Waals surface area contributed by atoms with Gasteiger partial charge < -0.3 is 5.11 Å². The van der Waals surface area contributed by atoms with Crippen LogP contribution in [0.15, 0.2) is 11.6 Å². The van der Waals surface area contributed by atoms with E-state index in [9.17, 15) is 4.79 Å². The smallest absolute Gasteiger partial charge is 0.307 e. The number of allylic oxidation sites excluding steroid dienone is 2. The Morgan fingerprint density at radius 1 is 1.67 bits per heavy atom. The summed E-state index contributed by atoms with van der Waals surface area (Å²) in [6.07, 6.45) is 3.64. The fourth-order valence-electron chi connectivity index (χ4n) is 1.99. The molecule has 1 N–H and O–H groups in total. The number of aliphatic carboxylic acids is 1. The molecule has 0 aromatic carbocycles. The van der Waals surface area contributed by atoms with E-state index in [0.717, 1.165) is 6.42 Å². The van der Waals surface area contributed by atoms with Crippen LogP contribution in [0.1, 0.15) is 33.6 Å². The maximum atomic E-state index is 10.8. The summed E-state index contributed by atoms with van der Waals surface area (Å²) in [6.45, 7) is 6.13. The third-order valence-electron chi connectivity index (χ3n) is 2.68. The van der Waals surface area contributed by atoms with Crippen molar-refractivity contribution in [1.29, 1.82) is 0 Å². The van der Waals surface area contributed by atoms with Gasteiger partial charge in [0.25, 0.3) is 0 Å². The molecule has 0 spiro atoms. The molecule has 0 aromatic rings. The number of carboxylic acid groups (broad SMARTS) is 1. The highest BCUT2D eigenvalue weighted by atomic mass is 16.4. The summed E-state index contributed by atoms with van der Waals surface area (Å²) in [5.41, 5.74) is 1.24. The second kappa shape index (κ2) is 2.92. The summed E-state index contributed by atoms with van der Waals surface area (Å²) >= 11 is 0. The summed E-state index contributed by atoms with van der Waals surface area (Å²) in [6, 6.07) is 0. The highest BCUT2D eigenvalue weighted by Crippen LogP contribution is 2.40. The summed E-state index contributed by atoms with van der Waals surface area (Å²) in [5.74, 6) is -0.870. The first kappa shape index (κ1) is 9.30. The van der Waals surface area contributed by atoms with Crippen molar-refractivity contribution in [2.75, 3.05) is 0 Å². The van der Waals surface area contributed by atoms with Gasteiger partial charge in [0.05, 0.1) is 5.92 Å². The Kier molecular flexibility index (Phi) is 2.27. The zero-order valence-electron chi connectivity index (χ0n) is 7.92. The molecule has 0 radical (unpaired) electrons. The molecule has 0 saturated carbocycles. The third-order valence-corrected chi connectivity index (χ3v) is 2.68. The molecule has 1 atom stereocenters. The molecule has 1 rings (SSSR count). The molecule has 0 amide bonds. The van der Waals surface area contributed by atoms with Crippen LogP contribution in [0.5, 0.6) is 0 Å². The Hall–Kier alpha value is -0.790. The van der Waals surface area contributed by atoms with E-state index in [-0.39, 0.29) is 11.3 Å². The molecule has 1 unspecified atom stereocenters. The van der Waals surface area contributed by atoms with Gasteiger partial charge in [-0.15, -0.1) is 0 Å². The molecule has 2 heteroatoms. The first-order chi connectivity index (χ1) is 5.43. The first-order valence-corrected chi connectivity index (χ1v) is 4.32. The molecular formula is C10H16O2. The first-order valence-electron chi connectivity index (χ1n) is 4.32. The molecule has 0 fully saturated rings. The predicted octanol–water partition coefficient (Wildman–Crippen LogP) is 2.45. The van der Waals surface area contributed by atoms with Gasteiger partial charge in [-0.05, 0) is 25.2 Å². The van der Waals surface area contributed by atoms with E-state index in [1.165, 1.54) is 5.57 Å². The topological polar surface area (TPSA) is 37.3 Å². The summed E-state index contributed by atoms with van der Waals surface area (Å²) in [7, 11) is 0. The molecule has 2 nitrogen and oxygen atoms in total. The van der Waals surface area contributed by atoms with Gasteiger partial charge in [0.1, 0.15) is 0 Å². The van der Waals surface area contributed by atoms with E-state index in [0.29, 0.717) is 6.42 Å². The van der Waals surface area contributed by atoms with E-state index in [4.69, 9.17) is 5.11 Å². The highest BCUT2D eigenvalue weighted by Gasteiger charge is 2.36. The van der Waals surface area contributed by atoms with Crippen molar-refractivity contribution >= 4 is 5.97 Å². The van der Waals surface area contributed by atoms with Gasteiger partial charge in [-0.2, -0.15) is 0 Å². The van der Waals surface area contributed by atoms with Crippen LogP contribution in [-0.4, -0.2) is 11.1 Å². The van der Waals surface area contributed by atoms with Gasteiger partial charge >= 0.3 is 5.97 Å². The van der Waals surface area contributed by atoms with Gasteiger partial charge in [-0.1, -0.05) is 25.5 Å². The van der Waals surface area contributed by atoms with E-state index < -0.39 is 5.97 Å². The van der Waals surface area contributed by atoms with Crippen LogP contribution >= 0.6 is 0 Å². The maximum absolute atomic E-state index is 10.8. The van der Waals surface area contributed by atoms with Crippen LogP contribution in [0.3, 0.4) is 0 Å². The van der Waals surface area contributed by atoms with Crippen LogP contribution in [0.25, 0.3) is 0 Å². The van der Waals surface area contributed by atoms with Crippen molar-refractivity contribution in [3.63, 3.8) is 0 Å². The third kappa shape index (κ3) is 1.68. The second-order valence-corrected chi connectivity index (χ2v) is 4.34. The minimum Gasteiger partial charge on any atom is -0.481 e. The lowest BCUT2D eigenvalue weighted by molar-refractivity contribution is -0.146. The van der Waals surface area contributed by atoms with Crippen LogP contribution in [-0.2, 0) is 4.79 Å². The fourth-order valence-corrected chi connectivity index (χ4v) is 1.99. The molecule has 1 aliphatic rings. The molecule has 0 saturated heterocycles. The van der Waals surface area contributed by atoms with E-state index in [1.807, 2.05) is 19.9 Å².